The molecule has 0 aromatic carbocycles. The van der Waals surface area contributed by atoms with Gasteiger partial charge in [0.2, 0.25) is 0 Å². The highest BCUT2D eigenvalue weighted by molar-refractivity contribution is 9.10. The highest BCUT2D eigenvalue weighted by Gasteiger charge is 2.07. The predicted octanol–water partition coefficient (Wildman–Crippen LogP) is 1.47. The Balaban J connectivity index is 2.82. The molecule has 0 saturated carbocycles. The molecule has 0 radical (unpaired) electrons. The summed E-state index contributed by atoms with van der Waals surface area (Å²) in [5, 5.41) is 1.99. The van der Waals surface area contributed by atoms with Crippen LogP contribution in [0.2, 0.25) is 0 Å². The molecule has 0 aliphatic carbocycles. The van der Waals surface area contributed by atoms with Crippen molar-refractivity contribution in [2.45, 2.75) is 6.04 Å². The van der Waals surface area contributed by atoms with Crippen molar-refractivity contribution >= 4 is 27.3 Å². The Morgan fingerprint density at radius 3 is 2.80 bits per heavy atom. The van der Waals surface area contributed by atoms with E-state index in [1.165, 1.54) is 0 Å². The van der Waals surface area contributed by atoms with Crippen molar-refractivity contribution in [3.05, 3.63) is 20.8 Å². The summed E-state index contributed by atoms with van der Waals surface area (Å²) < 4.78 is 1.07. The lowest BCUT2D eigenvalue weighted by Crippen LogP contribution is -2.19. The van der Waals surface area contributed by atoms with E-state index >= 15 is 0 Å². The van der Waals surface area contributed by atoms with E-state index in [1.807, 2.05) is 11.4 Å². The molecule has 0 aliphatic heterocycles. The fourth-order valence-corrected chi connectivity index (χ4v) is 2.36. The topological polar surface area (TPSA) is 52.0 Å². The Bertz CT molecular complexity index is 211. The summed E-state index contributed by atoms with van der Waals surface area (Å²) in [5.41, 5.74) is 11.1. The van der Waals surface area contributed by atoms with E-state index in [0.717, 1.165) is 9.35 Å². The quantitative estimate of drug-likeness (QED) is 0.794. The van der Waals surface area contributed by atoms with Gasteiger partial charge in [-0.05, 0) is 27.4 Å². The molecule has 1 aromatic rings. The summed E-state index contributed by atoms with van der Waals surface area (Å²) in [7, 11) is 0. The van der Waals surface area contributed by atoms with Crippen LogP contribution in [-0.2, 0) is 0 Å². The first-order valence-electron chi connectivity index (χ1n) is 2.94. The van der Waals surface area contributed by atoms with Gasteiger partial charge >= 0.3 is 0 Å². The molecule has 10 heavy (non-hydrogen) atoms. The number of hydrogen-bond acceptors (Lipinski definition) is 3. The zero-order valence-corrected chi connectivity index (χ0v) is 7.78. The fraction of sp³-hybridized carbons (Fsp3) is 0.333. The Hall–Kier alpha value is 0.100. The Labute approximate surface area is 72.3 Å². The fourth-order valence-electron chi connectivity index (χ4n) is 0.677. The van der Waals surface area contributed by atoms with Crippen molar-refractivity contribution in [2.75, 3.05) is 6.54 Å². The molecule has 1 aromatic heterocycles. The Morgan fingerprint density at radius 2 is 2.40 bits per heavy atom. The van der Waals surface area contributed by atoms with Gasteiger partial charge in [0.15, 0.2) is 0 Å². The average Bonchev–Trinajstić information content (AvgIpc) is 2.34. The van der Waals surface area contributed by atoms with Crippen LogP contribution < -0.4 is 11.5 Å². The van der Waals surface area contributed by atoms with E-state index in [2.05, 4.69) is 15.9 Å². The van der Waals surface area contributed by atoms with Crippen LogP contribution in [0.3, 0.4) is 0 Å². The number of nitrogens with two attached hydrogens (primary N) is 2. The number of rotatable bonds is 2. The summed E-state index contributed by atoms with van der Waals surface area (Å²) >= 11 is 5.01. The Kier molecular flexibility index (Phi) is 2.85. The van der Waals surface area contributed by atoms with E-state index in [9.17, 15) is 0 Å². The summed E-state index contributed by atoms with van der Waals surface area (Å²) in [6, 6.07) is 1.96. The number of thiophene rings is 1. The molecule has 0 saturated heterocycles. The van der Waals surface area contributed by atoms with Crippen LogP contribution in [0.5, 0.6) is 0 Å². The maximum absolute atomic E-state index is 5.69. The zero-order chi connectivity index (χ0) is 7.56. The molecule has 1 heterocycles. The van der Waals surface area contributed by atoms with Crippen molar-refractivity contribution < 1.29 is 0 Å². The summed E-state index contributed by atoms with van der Waals surface area (Å²) in [4.78, 5) is 1.13. The molecule has 1 rings (SSSR count). The first-order chi connectivity index (χ1) is 4.75. The van der Waals surface area contributed by atoms with Crippen LogP contribution in [-0.4, -0.2) is 6.54 Å². The number of hydrogen-bond donors (Lipinski definition) is 2. The first-order valence-corrected chi connectivity index (χ1v) is 4.61. The second-order valence-corrected chi connectivity index (χ2v) is 3.78. The van der Waals surface area contributed by atoms with Crippen LogP contribution in [0, 0.1) is 0 Å². The highest BCUT2D eigenvalue weighted by Crippen LogP contribution is 2.26. The van der Waals surface area contributed by atoms with Gasteiger partial charge in [-0.15, -0.1) is 11.3 Å². The van der Waals surface area contributed by atoms with Crippen LogP contribution in [0.15, 0.2) is 15.9 Å². The summed E-state index contributed by atoms with van der Waals surface area (Å²) in [6.45, 7) is 0.499. The predicted molar refractivity (Wildman–Crippen MR) is 48.0 cm³/mol. The third-order valence-electron chi connectivity index (χ3n) is 1.24. The molecule has 0 aliphatic rings. The van der Waals surface area contributed by atoms with Gasteiger partial charge in [-0.2, -0.15) is 0 Å². The molecule has 0 spiro atoms. The lowest BCUT2D eigenvalue weighted by molar-refractivity contribution is 0.749. The third-order valence-corrected chi connectivity index (χ3v) is 3.24. The van der Waals surface area contributed by atoms with Crippen molar-refractivity contribution in [1.29, 1.82) is 0 Å². The average molecular weight is 221 g/mol. The molecule has 0 unspecified atom stereocenters. The molecule has 56 valence electrons. The van der Waals surface area contributed by atoms with E-state index in [0.29, 0.717) is 6.54 Å². The maximum Gasteiger partial charge on any atom is 0.0525 e. The molecule has 4 heteroatoms. The summed E-state index contributed by atoms with van der Waals surface area (Å²) in [6.07, 6.45) is 0. The SMILES string of the molecule is NC[C@H](N)c1sccc1Br. The number of halogens is 1. The lowest BCUT2D eigenvalue weighted by Gasteiger charge is -2.05. The molecule has 1 atom stereocenters. The first kappa shape index (κ1) is 8.20. The van der Waals surface area contributed by atoms with E-state index in [1.54, 1.807) is 11.3 Å². The smallest absolute Gasteiger partial charge is 0.0525 e. The van der Waals surface area contributed by atoms with Crippen LogP contribution >= 0.6 is 27.3 Å². The minimum atomic E-state index is -0.0191. The molecule has 4 N–H and O–H groups in total. The molecule has 2 nitrogen and oxygen atoms in total. The van der Waals surface area contributed by atoms with Crippen LogP contribution in [0.25, 0.3) is 0 Å². The van der Waals surface area contributed by atoms with E-state index < -0.39 is 0 Å². The van der Waals surface area contributed by atoms with Gasteiger partial charge in [0.05, 0.1) is 6.04 Å². The molecular weight excluding hydrogens is 212 g/mol. The minimum Gasteiger partial charge on any atom is -0.329 e. The Morgan fingerprint density at radius 1 is 1.70 bits per heavy atom. The van der Waals surface area contributed by atoms with E-state index in [-0.39, 0.29) is 6.04 Å². The standard InChI is InChI=1S/C6H9BrN2S/c7-4-1-2-10-6(4)5(9)3-8/h1-2,5H,3,8-9H2/t5-/m0/s1. The highest BCUT2D eigenvalue weighted by atomic mass is 79.9. The van der Waals surface area contributed by atoms with Gasteiger partial charge in [0, 0.05) is 15.9 Å². The van der Waals surface area contributed by atoms with Gasteiger partial charge in [-0.1, -0.05) is 0 Å². The van der Waals surface area contributed by atoms with Crippen molar-refractivity contribution in [2.24, 2.45) is 11.5 Å². The van der Waals surface area contributed by atoms with Crippen molar-refractivity contribution in [3.8, 4) is 0 Å². The molecular formula is C6H9BrN2S. The van der Waals surface area contributed by atoms with Crippen molar-refractivity contribution in [3.63, 3.8) is 0 Å². The largest absolute Gasteiger partial charge is 0.329 e. The second kappa shape index (κ2) is 3.48. The summed E-state index contributed by atoms with van der Waals surface area (Å²) in [5.74, 6) is 0. The second-order valence-electron chi connectivity index (χ2n) is 1.97. The minimum absolute atomic E-state index is 0.0191. The molecule has 0 bridgehead atoms. The third kappa shape index (κ3) is 1.58. The molecule has 0 amide bonds. The monoisotopic (exact) mass is 220 g/mol. The van der Waals surface area contributed by atoms with Gasteiger partial charge in [-0.25, -0.2) is 0 Å². The van der Waals surface area contributed by atoms with Gasteiger partial charge in [-0.3, -0.25) is 0 Å². The van der Waals surface area contributed by atoms with Gasteiger partial charge in [0.1, 0.15) is 0 Å². The van der Waals surface area contributed by atoms with Crippen molar-refractivity contribution in [1.82, 2.24) is 0 Å². The molecule has 0 fully saturated rings. The van der Waals surface area contributed by atoms with Crippen LogP contribution in [0.4, 0.5) is 0 Å². The van der Waals surface area contributed by atoms with Gasteiger partial charge in [0.25, 0.3) is 0 Å². The van der Waals surface area contributed by atoms with Gasteiger partial charge < -0.3 is 11.5 Å². The maximum atomic E-state index is 5.69. The van der Waals surface area contributed by atoms with Crippen LogP contribution in [0.1, 0.15) is 10.9 Å². The lowest BCUT2D eigenvalue weighted by atomic mass is 10.3. The van der Waals surface area contributed by atoms with E-state index in [4.69, 9.17) is 11.5 Å². The normalized spacial score (nSPS) is 13.5. The zero-order valence-electron chi connectivity index (χ0n) is 5.38.